The Balaban J connectivity index is 1.84. The van der Waals surface area contributed by atoms with Crippen LogP contribution in [-0.4, -0.2) is 44.3 Å². The number of halogens is 2. The summed E-state index contributed by atoms with van der Waals surface area (Å²) in [5.74, 6) is -1.10. The predicted molar refractivity (Wildman–Crippen MR) is 110 cm³/mol. The van der Waals surface area contributed by atoms with Crippen molar-refractivity contribution in [1.82, 2.24) is 4.31 Å². The minimum Gasteiger partial charge on any atom is -0.465 e. The molecule has 0 saturated carbocycles. The molecule has 154 valence electrons. The van der Waals surface area contributed by atoms with Crippen LogP contribution in [0.5, 0.6) is 0 Å². The Hall–Kier alpha value is -2.13. The maximum Gasteiger partial charge on any atom is 0.337 e. The summed E-state index contributed by atoms with van der Waals surface area (Å²) in [6, 6.07) is 9.20. The number of rotatable bonds is 5. The van der Waals surface area contributed by atoms with Crippen LogP contribution in [0.1, 0.15) is 23.2 Å². The summed E-state index contributed by atoms with van der Waals surface area (Å²) in [5, 5.41) is 3.26. The quantitative estimate of drug-likeness (QED) is 0.693. The molecule has 7 nitrogen and oxygen atoms in total. The summed E-state index contributed by atoms with van der Waals surface area (Å²) in [6.45, 7) is 0.221. The molecule has 29 heavy (non-hydrogen) atoms. The smallest absolute Gasteiger partial charge is 0.337 e. The van der Waals surface area contributed by atoms with Gasteiger partial charge in [-0.05, 0) is 55.3 Å². The highest BCUT2D eigenvalue weighted by atomic mass is 35.5. The van der Waals surface area contributed by atoms with Gasteiger partial charge in [0.05, 0.1) is 28.3 Å². The zero-order chi connectivity index (χ0) is 21.2. The average molecular weight is 457 g/mol. The highest BCUT2D eigenvalue weighted by Crippen LogP contribution is 2.29. The molecule has 3 rings (SSSR count). The van der Waals surface area contributed by atoms with Gasteiger partial charge in [-0.25, -0.2) is 13.2 Å². The van der Waals surface area contributed by atoms with Crippen LogP contribution in [0.15, 0.2) is 47.4 Å². The first kappa shape index (κ1) is 21.6. The molecule has 0 aliphatic carbocycles. The first-order valence-corrected chi connectivity index (χ1v) is 10.9. The zero-order valence-electron chi connectivity index (χ0n) is 15.4. The van der Waals surface area contributed by atoms with Gasteiger partial charge in [0, 0.05) is 11.6 Å². The Morgan fingerprint density at radius 3 is 2.48 bits per heavy atom. The van der Waals surface area contributed by atoms with Crippen molar-refractivity contribution in [2.24, 2.45) is 0 Å². The largest absolute Gasteiger partial charge is 0.465 e. The second kappa shape index (κ2) is 8.71. The standard InChI is InChI=1S/C19H18Cl2N2O5S/c1-28-19(25)12-4-9-15(21)16(11-12)22-18(24)17-3-2-10-23(17)29(26,27)14-7-5-13(20)6-8-14/h4-9,11,17H,2-3,10H2,1H3,(H,22,24)/t17-/m0/s1. The van der Waals surface area contributed by atoms with Crippen LogP contribution in [0, 0.1) is 0 Å². The van der Waals surface area contributed by atoms with E-state index >= 15 is 0 Å². The number of nitrogens with zero attached hydrogens (tertiary/aromatic N) is 1. The van der Waals surface area contributed by atoms with Crippen LogP contribution in [0.2, 0.25) is 10.0 Å². The topological polar surface area (TPSA) is 92.8 Å². The van der Waals surface area contributed by atoms with Crippen molar-refractivity contribution in [3.63, 3.8) is 0 Å². The first-order valence-electron chi connectivity index (χ1n) is 8.70. The molecule has 1 amide bonds. The zero-order valence-corrected chi connectivity index (χ0v) is 17.7. The van der Waals surface area contributed by atoms with E-state index in [0.29, 0.717) is 17.9 Å². The normalized spacial score (nSPS) is 17.1. The van der Waals surface area contributed by atoms with E-state index in [1.807, 2.05) is 0 Å². The summed E-state index contributed by atoms with van der Waals surface area (Å²) in [7, 11) is -2.63. The van der Waals surface area contributed by atoms with Gasteiger partial charge in [0.1, 0.15) is 6.04 Å². The van der Waals surface area contributed by atoms with Crippen molar-refractivity contribution >= 4 is 50.8 Å². The van der Waals surface area contributed by atoms with E-state index in [0.717, 1.165) is 0 Å². The minimum absolute atomic E-state index is 0.0623. The second-order valence-electron chi connectivity index (χ2n) is 6.40. The molecule has 0 bridgehead atoms. The van der Waals surface area contributed by atoms with Crippen LogP contribution in [0.25, 0.3) is 0 Å². The van der Waals surface area contributed by atoms with Crippen molar-refractivity contribution in [1.29, 1.82) is 0 Å². The van der Waals surface area contributed by atoms with Gasteiger partial charge in [-0.1, -0.05) is 23.2 Å². The highest BCUT2D eigenvalue weighted by Gasteiger charge is 2.39. The third-order valence-electron chi connectivity index (χ3n) is 4.57. The number of hydrogen-bond acceptors (Lipinski definition) is 5. The molecule has 1 atom stereocenters. The number of amides is 1. The molecule has 0 aromatic heterocycles. The molecule has 1 aliphatic rings. The van der Waals surface area contributed by atoms with Crippen molar-refractivity contribution in [3.8, 4) is 0 Å². The lowest BCUT2D eigenvalue weighted by atomic mass is 10.1. The molecule has 0 radical (unpaired) electrons. The molecule has 1 aliphatic heterocycles. The SMILES string of the molecule is COC(=O)c1ccc(Cl)c(NC(=O)[C@@H]2CCCN2S(=O)(=O)c2ccc(Cl)cc2)c1. The minimum atomic E-state index is -3.87. The van der Waals surface area contributed by atoms with Gasteiger partial charge >= 0.3 is 5.97 Å². The summed E-state index contributed by atoms with van der Waals surface area (Å²) in [6.07, 6.45) is 0.911. The second-order valence-corrected chi connectivity index (χ2v) is 9.14. The number of carbonyl (C=O) groups is 2. The molecule has 0 unspecified atom stereocenters. The van der Waals surface area contributed by atoms with E-state index in [1.54, 1.807) is 0 Å². The summed E-state index contributed by atoms with van der Waals surface area (Å²) in [4.78, 5) is 24.6. The van der Waals surface area contributed by atoms with E-state index in [-0.39, 0.29) is 27.7 Å². The van der Waals surface area contributed by atoms with E-state index in [4.69, 9.17) is 23.2 Å². The van der Waals surface area contributed by atoms with Gasteiger partial charge < -0.3 is 10.1 Å². The molecule has 2 aromatic carbocycles. The van der Waals surface area contributed by atoms with Gasteiger partial charge in [-0.15, -0.1) is 0 Å². The Labute approximate surface area is 178 Å². The lowest BCUT2D eigenvalue weighted by Crippen LogP contribution is -2.43. The Bertz CT molecular complexity index is 1040. The van der Waals surface area contributed by atoms with Gasteiger partial charge in [-0.2, -0.15) is 4.31 Å². The molecule has 0 spiro atoms. The Morgan fingerprint density at radius 2 is 1.83 bits per heavy atom. The molecule has 2 aromatic rings. The predicted octanol–water partition coefficient (Wildman–Crippen LogP) is 3.57. The Kier molecular flexibility index (Phi) is 6.48. The number of nitrogens with one attached hydrogen (secondary N) is 1. The first-order chi connectivity index (χ1) is 13.7. The van der Waals surface area contributed by atoms with Crippen LogP contribution < -0.4 is 5.32 Å². The number of hydrogen-bond donors (Lipinski definition) is 1. The number of carbonyl (C=O) groups excluding carboxylic acids is 2. The number of anilines is 1. The lowest BCUT2D eigenvalue weighted by molar-refractivity contribution is -0.119. The average Bonchev–Trinajstić information content (AvgIpc) is 3.20. The van der Waals surface area contributed by atoms with Crippen LogP contribution in [0.4, 0.5) is 5.69 Å². The fourth-order valence-corrected chi connectivity index (χ4v) is 5.06. The summed E-state index contributed by atoms with van der Waals surface area (Å²) in [5.41, 5.74) is 0.416. The molecule has 1 saturated heterocycles. The number of sulfonamides is 1. The number of esters is 1. The van der Waals surface area contributed by atoms with Crippen molar-refractivity contribution in [2.75, 3.05) is 19.0 Å². The van der Waals surface area contributed by atoms with Crippen LogP contribution in [-0.2, 0) is 19.6 Å². The van der Waals surface area contributed by atoms with Crippen molar-refractivity contribution in [3.05, 3.63) is 58.1 Å². The number of ether oxygens (including phenoxy) is 1. The lowest BCUT2D eigenvalue weighted by Gasteiger charge is -2.23. The van der Waals surface area contributed by atoms with Crippen molar-refractivity contribution < 1.29 is 22.7 Å². The maximum absolute atomic E-state index is 13.0. The van der Waals surface area contributed by atoms with E-state index in [1.165, 1.54) is 53.9 Å². The maximum atomic E-state index is 13.0. The molecular formula is C19H18Cl2N2O5S. The van der Waals surface area contributed by atoms with Gasteiger partial charge in [0.2, 0.25) is 15.9 Å². The molecule has 10 heteroatoms. The van der Waals surface area contributed by atoms with Crippen LogP contribution in [0.3, 0.4) is 0 Å². The molecule has 1 N–H and O–H groups in total. The van der Waals surface area contributed by atoms with Gasteiger partial charge in [0.25, 0.3) is 0 Å². The third-order valence-corrected chi connectivity index (χ3v) is 7.08. The molecule has 1 fully saturated rings. The third kappa shape index (κ3) is 4.56. The highest BCUT2D eigenvalue weighted by molar-refractivity contribution is 7.89. The van der Waals surface area contributed by atoms with Gasteiger partial charge in [0.15, 0.2) is 0 Å². The number of benzene rings is 2. The molecular weight excluding hydrogens is 439 g/mol. The van der Waals surface area contributed by atoms with Gasteiger partial charge in [-0.3, -0.25) is 4.79 Å². The van der Waals surface area contributed by atoms with E-state index < -0.39 is 27.9 Å². The fourth-order valence-electron chi connectivity index (χ4n) is 3.11. The monoisotopic (exact) mass is 456 g/mol. The molecule has 1 heterocycles. The van der Waals surface area contributed by atoms with E-state index in [2.05, 4.69) is 10.1 Å². The van der Waals surface area contributed by atoms with E-state index in [9.17, 15) is 18.0 Å². The summed E-state index contributed by atoms with van der Waals surface area (Å²) < 4.78 is 31.8. The van der Waals surface area contributed by atoms with Crippen molar-refractivity contribution in [2.45, 2.75) is 23.8 Å². The number of methoxy groups -OCH3 is 1. The van der Waals surface area contributed by atoms with Crippen LogP contribution >= 0.6 is 23.2 Å². The fraction of sp³-hybridized carbons (Fsp3) is 0.263. The summed E-state index contributed by atoms with van der Waals surface area (Å²) >= 11 is 12.0. The Morgan fingerprint density at radius 1 is 1.14 bits per heavy atom.